The van der Waals surface area contributed by atoms with Crippen LogP contribution in [0.3, 0.4) is 0 Å². The van der Waals surface area contributed by atoms with E-state index in [0.717, 1.165) is 18.4 Å². The third kappa shape index (κ3) is 4.87. The van der Waals surface area contributed by atoms with Gasteiger partial charge in [0.05, 0.1) is 10.9 Å². The monoisotopic (exact) mass is 414 g/mol. The molecule has 1 aliphatic rings. The number of rotatable bonds is 5. The Hall–Kier alpha value is -2.18. The van der Waals surface area contributed by atoms with E-state index in [9.17, 15) is 13.2 Å². The molecule has 0 unspecified atom stereocenters. The predicted molar refractivity (Wildman–Crippen MR) is 115 cm³/mol. The van der Waals surface area contributed by atoms with E-state index in [4.69, 9.17) is 0 Å². The molecular weight excluding hydrogens is 384 g/mol. The molecule has 1 N–H and O–H groups in total. The number of nitrogens with one attached hydrogen (secondary N) is 1. The zero-order chi connectivity index (χ0) is 21.2. The van der Waals surface area contributed by atoms with E-state index in [1.807, 2.05) is 26.0 Å². The molecule has 0 aromatic heterocycles. The first-order valence-corrected chi connectivity index (χ1v) is 11.6. The minimum atomic E-state index is -3.58. The smallest absolute Gasteiger partial charge is 0.251 e. The molecule has 1 heterocycles. The second-order valence-electron chi connectivity index (χ2n) is 8.15. The van der Waals surface area contributed by atoms with Gasteiger partial charge in [-0.15, -0.1) is 0 Å². The van der Waals surface area contributed by atoms with E-state index in [0.29, 0.717) is 24.6 Å². The highest BCUT2D eigenvalue weighted by atomic mass is 32.2. The standard InChI is InChI=1S/C23H30N2O3S/c1-16-10-12-25(13-11-16)29(27,28)22-7-5-6-21(15-22)23(26)24-19(4)20-9-8-17(2)18(3)14-20/h5-9,14-16,19H,10-13H2,1-4H3,(H,24,26)/t19-/m1/s1. The summed E-state index contributed by atoms with van der Waals surface area (Å²) in [7, 11) is -3.58. The van der Waals surface area contributed by atoms with Crippen LogP contribution in [0.5, 0.6) is 0 Å². The van der Waals surface area contributed by atoms with E-state index in [1.165, 1.54) is 21.5 Å². The molecule has 0 aliphatic carbocycles. The average molecular weight is 415 g/mol. The van der Waals surface area contributed by atoms with Crippen molar-refractivity contribution in [2.75, 3.05) is 13.1 Å². The van der Waals surface area contributed by atoms with E-state index in [2.05, 4.69) is 25.2 Å². The van der Waals surface area contributed by atoms with E-state index in [-0.39, 0.29) is 16.8 Å². The van der Waals surface area contributed by atoms with Gasteiger partial charge < -0.3 is 5.32 Å². The SMILES string of the molecule is Cc1ccc([C@@H](C)NC(=O)c2cccc(S(=O)(=O)N3CCC(C)CC3)c2)cc1C. The van der Waals surface area contributed by atoms with Crippen molar-refractivity contribution in [1.82, 2.24) is 9.62 Å². The molecule has 0 radical (unpaired) electrons. The van der Waals surface area contributed by atoms with Gasteiger partial charge >= 0.3 is 0 Å². The second-order valence-corrected chi connectivity index (χ2v) is 10.1. The van der Waals surface area contributed by atoms with Crippen molar-refractivity contribution in [3.05, 3.63) is 64.7 Å². The highest BCUT2D eigenvalue weighted by Gasteiger charge is 2.28. The van der Waals surface area contributed by atoms with Crippen LogP contribution in [-0.4, -0.2) is 31.7 Å². The molecule has 6 heteroatoms. The van der Waals surface area contributed by atoms with Gasteiger partial charge in [-0.05, 0) is 74.4 Å². The van der Waals surface area contributed by atoms with Crippen molar-refractivity contribution in [1.29, 1.82) is 0 Å². The number of benzene rings is 2. The Kier molecular flexibility index (Phi) is 6.44. The number of nitrogens with zero attached hydrogens (tertiary/aromatic N) is 1. The third-order valence-corrected chi connectivity index (χ3v) is 7.75. The molecule has 1 aliphatic heterocycles. The summed E-state index contributed by atoms with van der Waals surface area (Å²) in [6, 6.07) is 12.3. The van der Waals surface area contributed by atoms with Gasteiger partial charge in [0.15, 0.2) is 0 Å². The molecule has 1 atom stereocenters. The fourth-order valence-corrected chi connectivity index (χ4v) is 5.09. The van der Waals surface area contributed by atoms with Gasteiger partial charge in [-0.3, -0.25) is 4.79 Å². The highest BCUT2D eigenvalue weighted by Crippen LogP contribution is 2.24. The quantitative estimate of drug-likeness (QED) is 0.797. The number of amides is 1. The lowest BCUT2D eigenvalue weighted by Crippen LogP contribution is -2.38. The molecule has 0 spiro atoms. The van der Waals surface area contributed by atoms with Crippen LogP contribution >= 0.6 is 0 Å². The third-order valence-electron chi connectivity index (χ3n) is 5.86. The number of piperidine rings is 1. The van der Waals surface area contributed by atoms with Crippen molar-refractivity contribution >= 4 is 15.9 Å². The van der Waals surface area contributed by atoms with E-state index < -0.39 is 10.0 Å². The zero-order valence-electron chi connectivity index (χ0n) is 17.6. The van der Waals surface area contributed by atoms with Crippen LogP contribution in [0.15, 0.2) is 47.4 Å². The first-order valence-electron chi connectivity index (χ1n) is 10.2. The molecule has 2 aromatic carbocycles. The number of aryl methyl sites for hydroxylation is 2. The van der Waals surface area contributed by atoms with Crippen molar-refractivity contribution < 1.29 is 13.2 Å². The Labute approximate surface area is 174 Å². The van der Waals surface area contributed by atoms with Crippen molar-refractivity contribution in [3.63, 3.8) is 0 Å². The largest absolute Gasteiger partial charge is 0.346 e. The van der Waals surface area contributed by atoms with Gasteiger partial charge in [0.2, 0.25) is 10.0 Å². The Morgan fingerprint density at radius 2 is 1.76 bits per heavy atom. The lowest BCUT2D eigenvalue weighted by Gasteiger charge is -2.29. The topological polar surface area (TPSA) is 66.5 Å². The molecule has 0 bridgehead atoms. The predicted octanol–water partition coefficient (Wildman–Crippen LogP) is 4.22. The van der Waals surface area contributed by atoms with Crippen LogP contribution in [0.4, 0.5) is 0 Å². The molecule has 2 aromatic rings. The number of hydrogen-bond donors (Lipinski definition) is 1. The lowest BCUT2D eigenvalue weighted by molar-refractivity contribution is 0.0939. The number of hydrogen-bond acceptors (Lipinski definition) is 3. The van der Waals surface area contributed by atoms with Crippen LogP contribution in [0.2, 0.25) is 0 Å². The second kappa shape index (κ2) is 8.67. The summed E-state index contributed by atoms with van der Waals surface area (Å²) in [4.78, 5) is 12.9. The Morgan fingerprint density at radius 1 is 1.07 bits per heavy atom. The van der Waals surface area contributed by atoms with Crippen LogP contribution in [-0.2, 0) is 10.0 Å². The molecule has 156 valence electrons. The molecule has 0 saturated carbocycles. The van der Waals surface area contributed by atoms with Gasteiger partial charge in [-0.2, -0.15) is 4.31 Å². The molecule has 1 saturated heterocycles. The minimum Gasteiger partial charge on any atom is -0.346 e. The lowest BCUT2D eigenvalue weighted by atomic mass is 10.0. The summed E-state index contributed by atoms with van der Waals surface area (Å²) in [6.07, 6.45) is 1.74. The summed E-state index contributed by atoms with van der Waals surface area (Å²) in [5.41, 5.74) is 3.75. The summed E-state index contributed by atoms with van der Waals surface area (Å²) < 4.78 is 27.5. The van der Waals surface area contributed by atoms with Crippen molar-refractivity contribution in [2.24, 2.45) is 5.92 Å². The van der Waals surface area contributed by atoms with E-state index in [1.54, 1.807) is 18.2 Å². The van der Waals surface area contributed by atoms with Gasteiger partial charge in [-0.1, -0.05) is 31.2 Å². The summed E-state index contributed by atoms with van der Waals surface area (Å²) in [6.45, 7) is 9.23. The molecular formula is C23H30N2O3S. The molecule has 3 rings (SSSR count). The first kappa shape index (κ1) is 21.5. The van der Waals surface area contributed by atoms with Gasteiger partial charge in [0.25, 0.3) is 5.91 Å². The van der Waals surface area contributed by atoms with Crippen molar-refractivity contribution in [3.8, 4) is 0 Å². The number of carbonyl (C=O) groups excluding carboxylic acids is 1. The Balaban J connectivity index is 1.76. The zero-order valence-corrected chi connectivity index (χ0v) is 18.4. The summed E-state index contributed by atoms with van der Waals surface area (Å²) in [5.74, 6) is 0.269. The summed E-state index contributed by atoms with van der Waals surface area (Å²) >= 11 is 0. The molecule has 1 amide bonds. The maximum absolute atomic E-state index is 13.0. The van der Waals surface area contributed by atoms with Crippen LogP contribution in [0, 0.1) is 19.8 Å². The maximum Gasteiger partial charge on any atom is 0.251 e. The van der Waals surface area contributed by atoms with Gasteiger partial charge in [0.1, 0.15) is 0 Å². The maximum atomic E-state index is 13.0. The van der Waals surface area contributed by atoms with Crippen molar-refractivity contribution in [2.45, 2.75) is 51.5 Å². The molecule has 5 nitrogen and oxygen atoms in total. The van der Waals surface area contributed by atoms with Crippen LogP contribution in [0.1, 0.15) is 59.8 Å². The first-order chi connectivity index (χ1) is 13.7. The molecule has 1 fully saturated rings. The fourth-order valence-electron chi connectivity index (χ4n) is 3.57. The number of carbonyl (C=O) groups is 1. The summed E-state index contributed by atoms with van der Waals surface area (Å²) in [5, 5.41) is 2.98. The Morgan fingerprint density at radius 3 is 2.41 bits per heavy atom. The normalized spacial score (nSPS) is 17.1. The van der Waals surface area contributed by atoms with Crippen LogP contribution < -0.4 is 5.32 Å². The van der Waals surface area contributed by atoms with E-state index >= 15 is 0 Å². The molecule has 29 heavy (non-hydrogen) atoms. The minimum absolute atomic E-state index is 0.175. The average Bonchev–Trinajstić information content (AvgIpc) is 2.70. The highest BCUT2D eigenvalue weighted by molar-refractivity contribution is 7.89. The van der Waals surface area contributed by atoms with Gasteiger partial charge in [-0.25, -0.2) is 8.42 Å². The fraction of sp³-hybridized carbons (Fsp3) is 0.435. The Bertz CT molecular complexity index is 993. The van der Waals surface area contributed by atoms with Gasteiger partial charge in [0, 0.05) is 18.7 Å². The van der Waals surface area contributed by atoms with Crippen LogP contribution in [0.25, 0.3) is 0 Å². The number of sulfonamides is 1.